The van der Waals surface area contributed by atoms with Crippen molar-refractivity contribution in [3.8, 4) is 0 Å². The molecule has 1 rings (SSSR count). The molecule has 0 radical (unpaired) electrons. The Balaban J connectivity index is 2.62. The molecule has 0 fully saturated rings. The Bertz CT molecular complexity index is 561. The second kappa shape index (κ2) is 8.72. The van der Waals surface area contributed by atoms with Crippen molar-refractivity contribution in [1.29, 1.82) is 0 Å². The number of amides is 1. The summed E-state index contributed by atoms with van der Waals surface area (Å²) < 4.78 is 6.15. The Hall–Kier alpha value is -1.82. The third-order valence-corrected chi connectivity index (χ3v) is 3.27. The fourth-order valence-corrected chi connectivity index (χ4v) is 2.08. The van der Waals surface area contributed by atoms with Crippen LogP contribution in [0.3, 0.4) is 0 Å². The standard InChI is InChI=1S/C17H22BrNO4/c1-17(2,3)23-16(22)19-14(11-15(20)21)6-4-5-12-7-9-13(18)10-8-12/h4-5,7-10,14H,6,11H2,1-3H3,(H,19,22)(H,20,21)/b5-4+. The van der Waals surface area contributed by atoms with Gasteiger partial charge >= 0.3 is 12.1 Å². The maximum absolute atomic E-state index is 11.8. The second-order valence-corrected chi connectivity index (χ2v) is 7.05. The van der Waals surface area contributed by atoms with E-state index in [0.717, 1.165) is 10.0 Å². The van der Waals surface area contributed by atoms with E-state index in [0.29, 0.717) is 6.42 Å². The van der Waals surface area contributed by atoms with Gasteiger partial charge in [-0.3, -0.25) is 4.79 Å². The van der Waals surface area contributed by atoms with Gasteiger partial charge in [0.2, 0.25) is 0 Å². The van der Waals surface area contributed by atoms with Gasteiger partial charge < -0.3 is 15.2 Å². The number of halogens is 1. The fourth-order valence-electron chi connectivity index (χ4n) is 1.82. The molecule has 1 unspecified atom stereocenters. The summed E-state index contributed by atoms with van der Waals surface area (Å²) in [5.41, 5.74) is 0.380. The number of nitrogens with one attached hydrogen (secondary N) is 1. The number of carbonyl (C=O) groups is 2. The summed E-state index contributed by atoms with van der Waals surface area (Å²) in [5.74, 6) is -0.969. The molecule has 2 N–H and O–H groups in total. The van der Waals surface area contributed by atoms with Gasteiger partial charge in [-0.05, 0) is 44.9 Å². The number of alkyl carbamates (subject to hydrolysis) is 1. The highest BCUT2D eigenvalue weighted by Crippen LogP contribution is 2.13. The van der Waals surface area contributed by atoms with Gasteiger partial charge in [0.25, 0.3) is 0 Å². The molecule has 0 aromatic heterocycles. The first-order valence-electron chi connectivity index (χ1n) is 7.29. The Kier molecular flexibility index (Phi) is 7.29. The summed E-state index contributed by atoms with van der Waals surface area (Å²) >= 11 is 3.36. The molecule has 0 heterocycles. The van der Waals surface area contributed by atoms with Crippen LogP contribution in [0.25, 0.3) is 6.08 Å². The maximum Gasteiger partial charge on any atom is 0.407 e. The van der Waals surface area contributed by atoms with Crippen LogP contribution < -0.4 is 5.32 Å². The van der Waals surface area contributed by atoms with Gasteiger partial charge in [-0.1, -0.05) is 40.2 Å². The first-order chi connectivity index (χ1) is 10.7. The van der Waals surface area contributed by atoms with E-state index < -0.39 is 23.7 Å². The number of ether oxygens (including phenoxy) is 1. The molecule has 1 aromatic rings. The van der Waals surface area contributed by atoms with Gasteiger partial charge in [0, 0.05) is 10.5 Å². The summed E-state index contributed by atoms with van der Waals surface area (Å²) in [5, 5.41) is 11.6. The Labute approximate surface area is 144 Å². The molecule has 1 atom stereocenters. The van der Waals surface area contributed by atoms with E-state index in [9.17, 15) is 9.59 Å². The number of carboxylic acids is 1. The van der Waals surface area contributed by atoms with Crippen molar-refractivity contribution < 1.29 is 19.4 Å². The van der Waals surface area contributed by atoms with Crippen molar-refractivity contribution in [2.45, 2.75) is 45.3 Å². The molecule has 0 bridgehead atoms. The van der Waals surface area contributed by atoms with E-state index in [2.05, 4.69) is 21.2 Å². The largest absolute Gasteiger partial charge is 0.481 e. The second-order valence-electron chi connectivity index (χ2n) is 6.13. The zero-order valence-electron chi connectivity index (χ0n) is 13.5. The molecule has 6 heteroatoms. The molecular weight excluding hydrogens is 362 g/mol. The quantitative estimate of drug-likeness (QED) is 0.770. The molecule has 0 aliphatic heterocycles. The van der Waals surface area contributed by atoms with E-state index in [4.69, 9.17) is 9.84 Å². The molecule has 0 aliphatic rings. The summed E-state index contributed by atoms with van der Waals surface area (Å²) in [6.45, 7) is 5.27. The molecule has 126 valence electrons. The van der Waals surface area contributed by atoms with Crippen LogP contribution in [-0.4, -0.2) is 28.8 Å². The van der Waals surface area contributed by atoms with Crippen LogP contribution in [0.5, 0.6) is 0 Å². The summed E-state index contributed by atoms with van der Waals surface area (Å²) in [7, 11) is 0. The number of benzene rings is 1. The van der Waals surface area contributed by atoms with Gasteiger partial charge in [0.05, 0.1) is 6.42 Å². The number of aliphatic carboxylic acids is 1. The molecule has 0 spiro atoms. The zero-order chi connectivity index (χ0) is 17.5. The topological polar surface area (TPSA) is 75.6 Å². The Morgan fingerprint density at radius 3 is 2.43 bits per heavy atom. The van der Waals surface area contributed by atoms with E-state index in [1.165, 1.54) is 0 Å². The predicted octanol–water partition coefficient (Wildman–Crippen LogP) is 4.22. The molecule has 0 saturated carbocycles. The van der Waals surface area contributed by atoms with Crippen molar-refractivity contribution in [2.75, 3.05) is 0 Å². The molecule has 1 amide bonds. The molecule has 0 saturated heterocycles. The van der Waals surface area contributed by atoms with Crippen molar-refractivity contribution in [3.63, 3.8) is 0 Å². The number of carboxylic acid groups (broad SMARTS) is 1. The highest BCUT2D eigenvalue weighted by molar-refractivity contribution is 9.10. The lowest BCUT2D eigenvalue weighted by Crippen LogP contribution is -2.40. The zero-order valence-corrected chi connectivity index (χ0v) is 15.1. The number of hydrogen-bond acceptors (Lipinski definition) is 3. The van der Waals surface area contributed by atoms with E-state index in [1.54, 1.807) is 20.8 Å². The van der Waals surface area contributed by atoms with E-state index >= 15 is 0 Å². The van der Waals surface area contributed by atoms with Gasteiger partial charge in [0.15, 0.2) is 0 Å². The van der Waals surface area contributed by atoms with Crippen LogP contribution in [0.4, 0.5) is 4.79 Å². The third kappa shape index (κ3) is 9.03. The van der Waals surface area contributed by atoms with Crippen LogP contribution in [0.2, 0.25) is 0 Å². The van der Waals surface area contributed by atoms with Crippen LogP contribution >= 0.6 is 15.9 Å². The van der Waals surface area contributed by atoms with Crippen molar-refractivity contribution in [3.05, 3.63) is 40.4 Å². The average Bonchev–Trinajstić information content (AvgIpc) is 2.38. The maximum atomic E-state index is 11.8. The highest BCUT2D eigenvalue weighted by Gasteiger charge is 2.20. The lowest BCUT2D eigenvalue weighted by molar-refractivity contribution is -0.137. The molecule has 5 nitrogen and oxygen atoms in total. The lowest BCUT2D eigenvalue weighted by atomic mass is 10.1. The van der Waals surface area contributed by atoms with Crippen molar-refractivity contribution in [2.24, 2.45) is 0 Å². The summed E-state index contributed by atoms with van der Waals surface area (Å²) in [4.78, 5) is 22.7. The number of hydrogen-bond donors (Lipinski definition) is 2. The first-order valence-corrected chi connectivity index (χ1v) is 8.08. The minimum atomic E-state index is -0.969. The van der Waals surface area contributed by atoms with Crippen LogP contribution in [0, 0.1) is 0 Å². The van der Waals surface area contributed by atoms with Crippen molar-refractivity contribution >= 4 is 34.1 Å². The number of carbonyl (C=O) groups excluding carboxylic acids is 1. The minimum absolute atomic E-state index is 0.163. The SMILES string of the molecule is CC(C)(C)OC(=O)NC(C/C=C/c1ccc(Br)cc1)CC(=O)O. The van der Waals surface area contributed by atoms with Crippen molar-refractivity contribution in [1.82, 2.24) is 5.32 Å². The Morgan fingerprint density at radius 2 is 1.91 bits per heavy atom. The lowest BCUT2D eigenvalue weighted by Gasteiger charge is -2.22. The average molecular weight is 384 g/mol. The smallest absolute Gasteiger partial charge is 0.407 e. The van der Waals surface area contributed by atoms with E-state index in [-0.39, 0.29) is 6.42 Å². The predicted molar refractivity (Wildman–Crippen MR) is 93.2 cm³/mol. The normalized spacial score (nSPS) is 12.9. The van der Waals surface area contributed by atoms with E-state index in [1.807, 2.05) is 36.4 Å². The Morgan fingerprint density at radius 1 is 1.30 bits per heavy atom. The molecular formula is C17H22BrNO4. The number of rotatable bonds is 6. The molecule has 1 aromatic carbocycles. The minimum Gasteiger partial charge on any atom is -0.481 e. The van der Waals surface area contributed by atoms with Crippen LogP contribution in [-0.2, 0) is 9.53 Å². The first kappa shape index (κ1) is 19.2. The van der Waals surface area contributed by atoms with Gasteiger partial charge in [-0.25, -0.2) is 4.79 Å². The highest BCUT2D eigenvalue weighted by atomic mass is 79.9. The monoisotopic (exact) mass is 383 g/mol. The summed E-state index contributed by atoms with van der Waals surface area (Å²) in [6, 6.07) is 7.21. The van der Waals surface area contributed by atoms with Crippen LogP contribution in [0.15, 0.2) is 34.8 Å². The third-order valence-electron chi connectivity index (χ3n) is 2.74. The van der Waals surface area contributed by atoms with Gasteiger partial charge in [0.1, 0.15) is 5.60 Å². The molecule has 0 aliphatic carbocycles. The van der Waals surface area contributed by atoms with Gasteiger partial charge in [-0.15, -0.1) is 0 Å². The fraction of sp³-hybridized carbons (Fsp3) is 0.412. The van der Waals surface area contributed by atoms with Crippen LogP contribution in [0.1, 0.15) is 39.2 Å². The summed E-state index contributed by atoms with van der Waals surface area (Å²) in [6.07, 6.45) is 3.36. The molecule has 23 heavy (non-hydrogen) atoms. The van der Waals surface area contributed by atoms with Gasteiger partial charge in [-0.2, -0.15) is 0 Å².